The second-order valence-electron chi connectivity index (χ2n) is 5.73. The highest BCUT2D eigenvalue weighted by Gasteiger charge is 2.42. The molecule has 110 valence electrons. The largest absolute Gasteiger partial charge is 0.375 e. The van der Waals surface area contributed by atoms with Crippen molar-refractivity contribution in [3.63, 3.8) is 0 Å². The van der Waals surface area contributed by atoms with E-state index in [0.29, 0.717) is 6.61 Å². The first-order valence-corrected chi connectivity index (χ1v) is 9.28. The molecule has 0 saturated carbocycles. The predicted octanol–water partition coefficient (Wildman–Crippen LogP) is 3.01. The summed E-state index contributed by atoms with van der Waals surface area (Å²) in [5.74, 6) is 2.58. The topological polar surface area (TPSA) is 52.3 Å². The minimum absolute atomic E-state index is 0.0427. The van der Waals surface area contributed by atoms with Crippen molar-refractivity contribution in [3.8, 4) is 0 Å². The maximum atomic E-state index is 12.6. The van der Waals surface area contributed by atoms with Crippen LogP contribution in [0.3, 0.4) is 0 Å². The molecular weight excluding hydrogens is 290 g/mol. The molecule has 2 aliphatic rings. The van der Waals surface area contributed by atoms with E-state index in [1.807, 2.05) is 29.3 Å². The van der Waals surface area contributed by atoms with Gasteiger partial charge in [-0.3, -0.25) is 4.79 Å². The van der Waals surface area contributed by atoms with Crippen LogP contribution < -0.4 is 5.73 Å². The molecule has 2 atom stereocenters. The number of thioether (sulfide) groups is 1. The van der Waals surface area contributed by atoms with Gasteiger partial charge in [0.15, 0.2) is 5.78 Å². The van der Waals surface area contributed by atoms with Crippen molar-refractivity contribution in [2.24, 2.45) is 11.7 Å². The van der Waals surface area contributed by atoms with E-state index < -0.39 is 6.04 Å². The standard InChI is InChI=1S/C15H21NO2S2/c16-13(12-2-1-7-20-12)14(17)11-3-6-18-15(10-11)4-8-19-9-5-15/h1-2,7,11,13H,3-6,8-10,16H2. The summed E-state index contributed by atoms with van der Waals surface area (Å²) in [5, 5.41) is 1.98. The van der Waals surface area contributed by atoms with Crippen LogP contribution in [0, 0.1) is 5.92 Å². The van der Waals surface area contributed by atoms with E-state index in [1.54, 1.807) is 11.3 Å². The third kappa shape index (κ3) is 2.96. The molecule has 2 aliphatic heterocycles. The summed E-state index contributed by atoms with van der Waals surface area (Å²) in [4.78, 5) is 13.6. The van der Waals surface area contributed by atoms with Crippen molar-refractivity contribution >= 4 is 28.9 Å². The molecule has 2 N–H and O–H groups in total. The highest BCUT2D eigenvalue weighted by molar-refractivity contribution is 7.99. The first kappa shape index (κ1) is 14.6. The van der Waals surface area contributed by atoms with Gasteiger partial charge in [0.25, 0.3) is 0 Å². The fourth-order valence-corrected chi connectivity index (χ4v) is 5.20. The van der Waals surface area contributed by atoms with Gasteiger partial charge in [0, 0.05) is 17.4 Å². The van der Waals surface area contributed by atoms with Gasteiger partial charge in [-0.1, -0.05) is 6.07 Å². The Morgan fingerprint density at radius 2 is 2.25 bits per heavy atom. The summed E-state index contributed by atoms with van der Waals surface area (Å²) >= 11 is 3.56. The molecule has 2 saturated heterocycles. The minimum atomic E-state index is -0.451. The van der Waals surface area contributed by atoms with Gasteiger partial charge in [-0.2, -0.15) is 11.8 Å². The Morgan fingerprint density at radius 3 is 2.95 bits per heavy atom. The highest BCUT2D eigenvalue weighted by atomic mass is 32.2. The normalized spacial score (nSPS) is 27.4. The Morgan fingerprint density at radius 1 is 1.45 bits per heavy atom. The number of nitrogens with two attached hydrogens (primary N) is 1. The van der Waals surface area contributed by atoms with E-state index in [1.165, 1.54) is 0 Å². The zero-order valence-corrected chi connectivity index (χ0v) is 13.2. The third-order valence-corrected chi connectivity index (χ3v) is 6.40. The molecule has 1 aromatic rings. The summed E-state index contributed by atoms with van der Waals surface area (Å²) in [6.45, 7) is 0.707. The van der Waals surface area contributed by atoms with Crippen molar-refractivity contribution in [1.29, 1.82) is 0 Å². The number of carbonyl (C=O) groups is 1. The molecule has 0 aromatic carbocycles. The number of thiophene rings is 1. The van der Waals surface area contributed by atoms with E-state index >= 15 is 0 Å². The molecule has 1 spiro atoms. The SMILES string of the molecule is NC(C(=O)C1CCOC2(CCSCC2)C1)c1cccs1. The Bertz CT molecular complexity index is 449. The lowest BCUT2D eigenvalue weighted by molar-refractivity contribution is -0.139. The number of ether oxygens (including phenoxy) is 1. The molecule has 20 heavy (non-hydrogen) atoms. The van der Waals surface area contributed by atoms with E-state index in [-0.39, 0.29) is 17.3 Å². The second kappa shape index (κ2) is 6.18. The van der Waals surface area contributed by atoms with Crippen LogP contribution in [0.2, 0.25) is 0 Å². The predicted molar refractivity (Wildman–Crippen MR) is 84.2 cm³/mol. The molecule has 5 heteroatoms. The first-order chi connectivity index (χ1) is 9.70. The quantitative estimate of drug-likeness (QED) is 0.932. The fraction of sp³-hybridized carbons (Fsp3) is 0.667. The molecule has 2 fully saturated rings. The monoisotopic (exact) mass is 311 g/mol. The summed E-state index contributed by atoms with van der Waals surface area (Å²) in [7, 11) is 0. The number of hydrogen-bond donors (Lipinski definition) is 1. The van der Waals surface area contributed by atoms with Crippen molar-refractivity contribution in [1.82, 2.24) is 0 Å². The molecule has 3 nitrogen and oxygen atoms in total. The molecule has 0 bridgehead atoms. The summed E-state index contributed by atoms with van der Waals surface area (Å²) in [6.07, 6.45) is 3.85. The average molecular weight is 311 g/mol. The second-order valence-corrected chi connectivity index (χ2v) is 7.93. The maximum Gasteiger partial charge on any atom is 0.158 e. The first-order valence-electron chi connectivity index (χ1n) is 7.25. The molecule has 3 heterocycles. The van der Waals surface area contributed by atoms with Crippen molar-refractivity contribution in [3.05, 3.63) is 22.4 Å². The Balaban J connectivity index is 1.68. The Labute approximate surface area is 128 Å². The lowest BCUT2D eigenvalue weighted by Gasteiger charge is -2.43. The van der Waals surface area contributed by atoms with Crippen LogP contribution in [0.4, 0.5) is 0 Å². The molecule has 2 unspecified atom stereocenters. The molecule has 3 rings (SSSR count). The van der Waals surface area contributed by atoms with Gasteiger partial charge >= 0.3 is 0 Å². The zero-order chi connectivity index (χ0) is 14.0. The number of rotatable bonds is 3. The van der Waals surface area contributed by atoms with E-state index in [9.17, 15) is 4.79 Å². The van der Waals surface area contributed by atoms with Crippen LogP contribution in [0.1, 0.15) is 36.6 Å². The van der Waals surface area contributed by atoms with Crippen molar-refractivity contribution in [2.45, 2.75) is 37.3 Å². The van der Waals surface area contributed by atoms with Crippen LogP contribution >= 0.6 is 23.1 Å². The van der Waals surface area contributed by atoms with Crippen molar-refractivity contribution < 1.29 is 9.53 Å². The van der Waals surface area contributed by atoms with Gasteiger partial charge in [-0.05, 0) is 48.6 Å². The van der Waals surface area contributed by atoms with E-state index in [4.69, 9.17) is 10.5 Å². The van der Waals surface area contributed by atoms with Gasteiger partial charge in [0.1, 0.15) is 0 Å². The molecule has 0 radical (unpaired) electrons. The van der Waals surface area contributed by atoms with Gasteiger partial charge < -0.3 is 10.5 Å². The summed E-state index contributed by atoms with van der Waals surface area (Å²) in [5.41, 5.74) is 6.11. The lowest BCUT2D eigenvalue weighted by Crippen LogP contribution is -2.45. The van der Waals surface area contributed by atoms with Gasteiger partial charge in [0.2, 0.25) is 0 Å². The molecular formula is C15H21NO2S2. The number of Topliss-reactive ketones (excluding diaryl/α,β-unsaturated/α-hetero) is 1. The van der Waals surface area contributed by atoms with Crippen molar-refractivity contribution in [2.75, 3.05) is 18.1 Å². The van der Waals surface area contributed by atoms with Crippen LogP contribution in [0.15, 0.2) is 17.5 Å². The zero-order valence-electron chi connectivity index (χ0n) is 11.5. The van der Waals surface area contributed by atoms with E-state index in [0.717, 1.165) is 42.1 Å². The number of carbonyl (C=O) groups excluding carboxylic acids is 1. The average Bonchev–Trinajstić information content (AvgIpc) is 3.01. The lowest BCUT2D eigenvalue weighted by atomic mass is 9.78. The van der Waals surface area contributed by atoms with Crippen LogP contribution in [-0.2, 0) is 9.53 Å². The van der Waals surface area contributed by atoms with Gasteiger partial charge in [-0.25, -0.2) is 0 Å². The number of ketones is 1. The third-order valence-electron chi connectivity index (χ3n) is 4.46. The smallest absolute Gasteiger partial charge is 0.158 e. The highest BCUT2D eigenvalue weighted by Crippen LogP contribution is 2.41. The summed E-state index contributed by atoms with van der Waals surface area (Å²) in [6, 6.07) is 3.46. The minimum Gasteiger partial charge on any atom is -0.375 e. The van der Waals surface area contributed by atoms with E-state index in [2.05, 4.69) is 0 Å². The molecule has 0 aliphatic carbocycles. The van der Waals surface area contributed by atoms with Gasteiger partial charge in [0.05, 0.1) is 11.6 Å². The molecule has 0 amide bonds. The Hall–Kier alpha value is -0.360. The van der Waals surface area contributed by atoms with Crippen LogP contribution in [0.25, 0.3) is 0 Å². The van der Waals surface area contributed by atoms with Crippen LogP contribution in [-0.4, -0.2) is 29.5 Å². The summed E-state index contributed by atoms with van der Waals surface area (Å²) < 4.78 is 6.05. The molecule has 1 aromatic heterocycles. The van der Waals surface area contributed by atoms with Gasteiger partial charge in [-0.15, -0.1) is 11.3 Å². The fourth-order valence-electron chi connectivity index (χ4n) is 3.22. The Kier molecular flexibility index (Phi) is 4.50. The maximum absolute atomic E-state index is 12.6. The van der Waals surface area contributed by atoms with Crippen LogP contribution in [0.5, 0.6) is 0 Å². The number of hydrogen-bond acceptors (Lipinski definition) is 5.